The number of anilines is 1. The molecular weight excluding hydrogens is 258 g/mol. The molecular formula is C14H19N3O3. The largest absolute Gasteiger partial charge is 0.399 e. The second kappa shape index (κ2) is 6.93. The first-order chi connectivity index (χ1) is 9.72. The van der Waals surface area contributed by atoms with Crippen LogP contribution in [0.5, 0.6) is 0 Å². The van der Waals surface area contributed by atoms with E-state index in [0.717, 1.165) is 10.9 Å². The molecule has 0 spiro atoms. The minimum Gasteiger partial charge on any atom is -0.399 e. The smallest absolute Gasteiger partial charge is 0.253 e. The van der Waals surface area contributed by atoms with Crippen molar-refractivity contribution in [2.24, 2.45) is 0 Å². The number of amides is 1. The second-order valence-corrected chi connectivity index (χ2v) is 4.37. The molecule has 0 bridgehead atoms. The van der Waals surface area contributed by atoms with Crippen LogP contribution in [0.2, 0.25) is 0 Å². The Labute approximate surface area is 117 Å². The van der Waals surface area contributed by atoms with E-state index in [9.17, 15) is 4.79 Å². The van der Waals surface area contributed by atoms with Crippen molar-refractivity contribution in [2.75, 3.05) is 39.2 Å². The van der Waals surface area contributed by atoms with Crippen molar-refractivity contribution in [2.45, 2.75) is 0 Å². The maximum absolute atomic E-state index is 12.1. The zero-order chi connectivity index (χ0) is 14.4. The topological polar surface area (TPSA) is 89.4 Å². The number of hydrogen-bond acceptors (Lipinski definition) is 4. The molecule has 0 aliphatic heterocycles. The molecule has 0 atom stereocenters. The van der Waals surface area contributed by atoms with Crippen LogP contribution in [-0.2, 0) is 9.47 Å². The van der Waals surface area contributed by atoms with Crippen LogP contribution in [0.4, 0.5) is 5.69 Å². The third-order valence-electron chi connectivity index (χ3n) is 2.91. The highest BCUT2D eigenvalue weighted by molar-refractivity contribution is 6.07. The molecule has 0 saturated heterocycles. The minimum atomic E-state index is -0.141. The van der Waals surface area contributed by atoms with E-state index in [-0.39, 0.29) is 5.91 Å². The molecule has 2 aromatic rings. The summed E-state index contributed by atoms with van der Waals surface area (Å²) in [5.41, 5.74) is 7.85. The molecule has 108 valence electrons. The Morgan fingerprint density at radius 2 is 2.20 bits per heavy atom. The summed E-state index contributed by atoms with van der Waals surface area (Å²) in [6, 6.07) is 5.44. The Hall–Kier alpha value is -2.05. The number of H-pyrrole nitrogens is 1. The van der Waals surface area contributed by atoms with Crippen LogP contribution < -0.4 is 11.1 Å². The number of nitrogens with one attached hydrogen (secondary N) is 2. The van der Waals surface area contributed by atoms with Crippen molar-refractivity contribution >= 4 is 22.5 Å². The highest BCUT2D eigenvalue weighted by Crippen LogP contribution is 2.20. The molecule has 0 saturated carbocycles. The van der Waals surface area contributed by atoms with Gasteiger partial charge in [-0.05, 0) is 18.2 Å². The standard InChI is InChI=1S/C14H19N3O3/c1-19-6-7-20-5-4-16-14(18)12-9-17-13-3-2-10(15)8-11(12)13/h2-3,8-9,17H,4-7,15H2,1H3,(H,16,18). The third kappa shape index (κ3) is 3.49. The fraction of sp³-hybridized carbons (Fsp3) is 0.357. The number of benzene rings is 1. The Bertz CT molecular complexity index is 580. The summed E-state index contributed by atoms with van der Waals surface area (Å²) in [5.74, 6) is -0.141. The average Bonchev–Trinajstić information content (AvgIpc) is 2.85. The number of rotatable bonds is 7. The van der Waals surface area contributed by atoms with Crippen LogP contribution in [0, 0.1) is 0 Å². The molecule has 1 aromatic carbocycles. The predicted octanol–water partition coefficient (Wildman–Crippen LogP) is 1.14. The SMILES string of the molecule is COCCOCCNC(=O)c1c[nH]c2ccc(N)cc12. The van der Waals surface area contributed by atoms with Crippen LogP contribution in [0.3, 0.4) is 0 Å². The van der Waals surface area contributed by atoms with Gasteiger partial charge < -0.3 is 25.5 Å². The van der Waals surface area contributed by atoms with Gasteiger partial charge >= 0.3 is 0 Å². The lowest BCUT2D eigenvalue weighted by Gasteiger charge is -2.05. The van der Waals surface area contributed by atoms with Crippen LogP contribution in [0.1, 0.15) is 10.4 Å². The van der Waals surface area contributed by atoms with Crippen molar-refractivity contribution in [3.63, 3.8) is 0 Å². The summed E-state index contributed by atoms with van der Waals surface area (Å²) in [4.78, 5) is 15.1. The lowest BCUT2D eigenvalue weighted by molar-refractivity contribution is 0.0693. The zero-order valence-corrected chi connectivity index (χ0v) is 11.4. The Balaban J connectivity index is 1.89. The van der Waals surface area contributed by atoms with Gasteiger partial charge in [0.1, 0.15) is 0 Å². The van der Waals surface area contributed by atoms with Crippen molar-refractivity contribution in [1.29, 1.82) is 0 Å². The van der Waals surface area contributed by atoms with Crippen LogP contribution in [0.25, 0.3) is 10.9 Å². The molecule has 1 aromatic heterocycles. The molecule has 4 N–H and O–H groups in total. The van der Waals surface area contributed by atoms with Crippen LogP contribution >= 0.6 is 0 Å². The van der Waals surface area contributed by atoms with Gasteiger partial charge in [-0.2, -0.15) is 0 Å². The van der Waals surface area contributed by atoms with E-state index >= 15 is 0 Å². The van der Waals surface area contributed by atoms with Gasteiger partial charge in [-0.25, -0.2) is 0 Å². The van der Waals surface area contributed by atoms with Gasteiger partial charge in [0, 0.05) is 36.4 Å². The Morgan fingerprint density at radius 3 is 3.00 bits per heavy atom. The van der Waals surface area contributed by atoms with Gasteiger partial charge in [-0.15, -0.1) is 0 Å². The maximum Gasteiger partial charge on any atom is 0.253 e. The highest BCUT2D eigenvalue weighted by atomic mass is 16.5. The van der Waals surface area contributed by atoms with Gasteiger partial charge in [-0.3, -0.25) is 4.79 Å². The monoisotopic (exact) mass is 277 g/mol. The molecule has 1 amide bonds. The lowest BCUT2D eigenvalue weighted by atomic mass is 10.1. The number of aromatic nitrogens is 1. The minimum absolute atomic E-state index is 0.141. The van der Waals surface area contributed by atoms with E-state index in [0.29, 0.717) is 37.6 Å². The summed E-state index contributed by atoms with van der Waals surface area (Å²) in [7, 11) is 1.62. The number of fused-ring (bicyclic) bond motifs is 1. The number of aromatic amines is 1. The number of nitrogens with two attached hydrogens (primary N) is 1. The fourth-order valence-electron chi connectivity index (χ4n) is 1.90. The van der Waals surface area contributed by atoms with E-state index in [1.54, 1.807) is 25.4 Å². The molecule has 2 rings (SSSR count). The molecule has 6 nitrogen and oxygen atoms in total. The Kier molecular flexibility index (Phi) is 4.97. The number of ether oxygens (including phenoxy) is 2. The van der Waals surface area contributed by atoms with Gasteiger partial charge in [0.2, 0.25) is 0 Å². The summed E-state index contributed by atoms with van der Waals surface area (Å²) in [5, 5.41) is 3.63. The van der Waals surface area contributed by atoms with Crippen LogP contribution in [0.15, 0.2) is 24.4 Å². The van der Waals surface area contributed by atoms with E-state index in [4.69, 9.17) is 15.2 Å². The second-order valence-electron chi connectivity index (χ2n) is 4.37. The molecule has 1 heterocycles. The first-order valence-corrected chi connectivity index (χ1v) is 6.44. The highest BCUT2D eigenvalue weighted by Gasteiger charge is 2.11. The Morgan fingerprint density at radius 1 is 1.35 bits per heavy atom. The molecule has 0 radical (unpaired) electrons. The molecule has 0 fully saturated rings. The van der Waals surface area contributed by atoms with Gasteiger partial charge in [-0.1, -0.05) is 0 Å². The number of carbonyl (C=O) groups is 1. The van der Waals surface area contributed by atoms with Crippen molar-refractivity contribution in [3.8, 4) is 0 Å². The zero-order valence-electron chi connectivity index (χ0n) is 11.4. The average molecular weight is 277 g/mol. The van der Waals surface area contributed by atoms with E-state index in [1.165, 1.54) is 0 Å². The van der Waals surface area contributed by atoms with Crippen molar-refractivity contribution < 1.29 is 14.3 Å². The number of hydrogen-bond donors (Lipinski definition) is 3. The van der Waals surface area contributed by atoms with Crippen molar-refractivity contribution in [1.82, 2.24) is 10.3 Å². The van der Waals surface area contributed by atoms with Crippen molar-refractivity contribution in [3.05, 3.63) is 30.0 Å². The van der Waals surface area contributed by atoms with Gasteiger partial charge in [0.25, 0.3) is 5.91 Å². The molecule has 0 aliphatic rings. The van der Waals surface area contributed by atoms with Gasteiger partial charge in [0.15, 0.2) is 0 Å². The summed E-state index contributed by atoms with van der Waals surface area (Å²) in [6.07, 6.45) is 1.69. The molecule has 0 unspecified atom stereocenters. The summed E-state index contributed by atoms with van der Waals surface area (Å²) < 4.78 is 10.1. The summed E-state index contributed by atoms with van der Waals surface area (Å²) >= 11 is 0. The number of nitrogen functional groups attached to an aromatic ring is 1. The third-order valence-corrected chi connectivity index (χ3v) is 2.91. The number of carbonyl (C=O) groups excluding carboxylic acids is 1. The molecule has 0 aliphatic carbocycles. The summed E-state index contributed by atoms with van der Waals surface area (Å²) in [6.45, 7) is 1.99. The fourth-order valence-corrected chi connectivity index (χ4v) is 1.90. The first-order valence-electron chi connectivity index (χ1n) is 6.44. The van der Waals surface area contributed by atoms with E-state index in [2.05, 4.69) is 10.3 Å². The lowest BCUT2D eigenvalue weighted by Crippen LogP contribution is -2.27. The first kappa shape index (κ1) is 14.4. The normalized spacial score (nSPS) is 10.8. The molecule has 20 heavy (non-hydrogen) atoms. The maximum atomic E-state index is 12.1. The molecule has 6 heteroatoms. The number of methoxy groups -OCH3 is 1. The van der Waals surface area contributed by atoms with Crippen LogP contribution in [-0.4, -0.2) is 44.4 Å². The predicted molar refractivity (Wildman–Crippen MR) is 77.7 cm³/mol. The quantitative estimate of drug-likeness (QED) is 0.523. The van der Waals surface area contributed by atoms with E-state index < -0.39 is 0 Å². The van der Waals surface area contributed by atoms with E-state index in [1.807, 2.05) is 6.07 Å². The van der Waals surface area contributed by atoms with Gasteiger partial charge in [0.05, 0.1) is 25.4 Å².